The zero-order valence-electron chi connectivity index (χ0n) is 17.2. The van der Waals surface area contributed by atoms with Crippen LogP contribution in [0.15, 0.2) is 47.1 Å². The average Bonchev–Trinajstić information content (AvgIpc) is 3.21. The molecule has 1 saturated carbocycles. The van der Waals surface area contributed by atoms with E-state index in [1.54, 1.807) is 24.5 Å². The molecule has 6 heteroatoms. The fraction of sp³-hybridized carbons (Fsp3) is 0.375. The number of hydrogen-bond acceptors (Lipinski definition) is 5. The van der Waals surface area contributed by atoms with Gasteiger partial charge in [-0.05, 0) is 63.6 Å². The molecule has 1 aromatic carbocycles. The van der Waals surface area contributed by atoms with E-state index in [-0.39, 0.29) is 23.6 Å². The molecule has 0 spiro atoms. The van der Waals surface area contributed by atoms with Gasteiger partial charge in [0.05, 0.1) is 17.6 Å². The van der Waals surface area contributed by atoms with Crippen molar-refractivity contribution < 1.29 is 14.3 Å². The summed E-state index contributed by atoms with van der Waals surface area (Å²) < 4.78 is 5.43. The van der Waals surface area contributed by atoms with Gasteiger partial charge in [-0.25, -0.2) is 4.98 Å². The van der Waals surface area contributed by atoms with Gasteiger partial charge in [0.15, 0.2) is 0 Å². The average molecular weight is 403 g/mol. The normalized spacial score (nSPS) is 19.4. The molecule has 0 unspecified atom stereocenters. The summed E-state index contributed by atoms with van der Waals surface area (Å²) in [4.78, 5) is 17.1. The van der Waals surface area contributed by atoms with Crippen LogP contribution in [0.2, 0.25) is 0 Å². The molecule has 2 N–H and O–H groups in total. The van der Waals surface area contributed by atoms with Crippen molar-refractivity contribution in [3.05, 3.63) is 53.9 Å². The van der Waals surface area contributed by atoms with Crippen LogP contribution < -0.4 is 5.32 Å². The number of pyridine rings is 1. The van der Waals surface area contributed by atoms with Gasteiger partial charge in [-0.1, -0.05) is 12.1 Å². The molecule has 2 heterocycles. The summed E-state index contributed by atoms with van der Waals surface area (Å²) in [6, 6.07) is 12.9. The predicted molar refractivity (Wildman–Crippen MR) is 114 cm³/mol. The number of aliphatic hydroxyl groups is 1. The molecule has 1 aliphatic rings. The van der Waals surface area contributed by atoms with Crippen LogP contribution in [0.4, 0.5) is 0 Å². The van der Waals surface area contributed by atoms with Gasteiger partial charge in [-0.15, -0.1) is 0 Å². The van der Waals surface area contributed by atoms with E-state index in [9.17, 15) is 15.2 Å². The minimum absolute atomic E-state index is 0.0968. The van der Waals surface area contributed by atoms with E-state index in [1.165, 1.54) is 0 Å². The molecule has 1 amide bonds. The van der Waals surface area contributed by atoms with Crippen LogP contribution in [-0.2, 0) is 0 Å². The predicted octanol–water partition coefficient (Wildman–Crippen LogP) is 4.43. The van der Waals surface area contributed by atoms with E-state index in [2.05, 4.69) is 16.4 Å². The highest BCUT2D eigenvalue weighted by atomic mass is 16.3. The first kappa shape index (κ1) is 20.1. The van der Waals surface area contributed by atoms with Crippen molar-refractivity contribution in [2.75, 3.05) is 0 Å². The van der Waals surface area contributed by atoms with Crippen molar-refractivity contribution in [2.45, 2.75) is 51.2 Å². The van der Waals surface area contributed by atoms with Crippen LogP contribution in [-0.4, -0.2) is 27.6 Å². The molecule has 0 saturated heterocycles. The van der Waals surface area contributed by atoms with Crippen molar-refractivity contribution in [3.8, 4) is 17.3 Å². The first-order valence-electron chi connectivity index (χ1n) is 10.3. The van der Waals surface area contributed by atoms with Crippen molar-refractivity contribution >= 4 is 16.9 Å². The first-order valence-corrected chi connectivity index (χ1v) is 10.3. The Morgan fingerprint density at radius 1 is 1.20 bits per heavy atom. The minimum atomic E-state index is -0.665. The zero-order valence-corrected chi connectivity index (χ0v) is 17.2. The van der Waals surface area contributed by atoms with Crippen LogP contribution in [0.25, 0.3) is 22.2 Å². The second-order valence-electron chi connectivity index (χ2n) is 8.55. The Kier molecular flexibility index (Phi) is 5.31. The number of rotatable bonds is 4. The summed E-state index contributed by atoms with van der Waals surface area (Å²) in [5.74, 6) is 0.182. The summed E-state index contributed by atoms with van der Waals surface area (Å²) in [5.41, 5.74) is 2.30. The molecule has 1 fully saturated rings. The van der Waals surface area contributed by atoms with Gasteiger partial charge < -0.3 is 14.8 Å². The quantitative estimate of drug-likeness (QED) is 0.671. The fourth-order valence-corrected chi connectivity index (χ4v) is 4.24. The van der Waals surface area contributed by atoms with Gasteiger partial charge in [-0.3, -0.25) is 4.79 Å². The molecule has 0 aliphatic heterocycles. The number of nitrogens with one attached hydrogen (secondary N) is 1. The van der Waals surface area contributed by atoms with Crippen LogP contribution >= 0.6 is 0 Å². The molecule has 2 aromatic heterocycles. The first-order chi connectivity index (χ1) is 14.3. The Morgan fingerprint density at radius 3 is 2.53 bits per heavy atom. The van der Waals surface area contributed by atoms with Crippen molar-refractivity contribution in [2.24, 2.45) is 5.92 Å². The Hall–Kier alpha value is -3.17. The lowest BCUT2D eigenvalue weighted by Gasteiger charge is -2.36. The third kappa shape index (κ3) is 4.07. The fourth-order valence-electron chi connectivity index (χ4n) is 4.24. The third-order valence-corrected chi connectivity index (χ3v) is 6.05. The Bertz CT molecular complexity index is 1100. The number of hydrogen-bond donors (Lipinski definition) is 2. The summed E-state index contributed by atoms with van der Waals surface area (Å²) in [6.45, 7) is 3.72. The summed E-state index contributed by atoms with van der Waals surface area (Å²) in [6.07, 6.45) is 5.15. The zero-order chi connectivity index (χ0) is 21.3. The molecule has 154 valence electrons. The van der Waals surface area contributed by atoms with Gasteiger partial charge in [0.1, 0.15) is 17.3 Å². The van der Waals surface area contributed by atoms with E-state index < -0.39 is 5.60 Å². The van der Waals surface area contributed by atoms with E-state index in [4.69, 9.17) is 4.42 Å². The lowest BCUT2D eigenvalue weighted by molar-refractivity contribution is -0.00257. The number of fused-ring (bicyclic) bond motifs is 1. The summed E-state index contributed by atoms with van der Waals surface area (Å²) in [7, 11) is 0. The summed E-state index contributed by atoms with van der Waals surface area (Å²) in [5, 5.41) is 23.3. The molecule has 3 aromatic rings. The van der Waals surface area contributed by atoms with Gasteiger partial charge in [-0.2, -0.15) is 5.26 Å². The van der Waals surface area contributed by atoms with E-state index in [0.29, 0.717) is 16.8 Å². The van der Waals surface area contributed by atoms with Crippen LogP contribution in [0.1, 0.15) is 55.6 Å². The number of carbonyl (C=O) groups excluding carboxylic acids is 1. The topological polar surface area (TPSA) is 99.1 Å². The maximum absolute atomic E-state index is 12.7. The van der Waals surface area contributed by atoms with E-state index >= 15 is 0 Å². The molecule has 1 aliphatic carbocycles. The maximum Gasteiger partial charge on any atom is 0.251 e. The standard InChI is InChI=1S/C24H25N3O3/c1-24(2,29)17-7-9-18(10-8-17)27-23(28)16-5-3-15(4-6-16)22-20-11-12-30-21(20)13-19(14-25)26-22/h3-6,11-13,17-18,29H,7-10H2,1-2H3,(H,27,28)/t17-,18-. The molecule has 4 rings (SSSR count). The lowest BCUT2D eigenvalue weighted by atomic mass is 9.77. The smallest absolute Gasteiger partial charge is 0.251 e. The monoisotopic (exact) mass is 403 g/mol. The number of nitrogens with zero attached hydrogens (tertiary/aromatic N) is 2. The van der Waals surface area contributed by atoms with Crippen molar-refractivity contribution in [1.29, 1.82) is 5.26 Å². The van der Waals surface area contributed by atoms with Gasteiger partial charge >= 0.3 is 0 Å². The van der Waals surface area contributed by atoms with Crippen LogP contribution in [0, 0.1) is 17.2 Å². The SMILES string of the molecule is CC(C)(O)[C@H]1CC[C@H](NC(=O)c2ccc(-c3nc(C#N)cc4occc34)cc2)CC1. The number of furan rings is 1. The summed E-state index contributed by atoms with van der Waals surface area (Å²) >= 11 is 0. The number of carbonyl (C=O) groups is 1. The molecule has 0 atom stereocenters. The highest BCUT2D eigenvalue weighted by Gasteiger charge is 2.31. The Morgan fingerprint density at radius 2 is 1.90 bits per heavy atom. The number of benzene rings is 1. The Labute approximate surface area is 175 Å². The highest BCUT2D eigenvalue weighted by molar-refractivity contribution is 5.96. The molecule has 6 nitrogen and oxygen atoms in total. The van der Waals surface area contributed by atoms with Crippen LogP contribution in [0.5, 0.6) is 0 Å². The largest absolute Gasteiger partial charge is 0.464 e. The number of nitriles is 1. The third-order valence-electron chi connectivity index (χ3n) is 6.05. The maximum atomic E-state index is 12.7. The van der Waals surface area contributed by atoms with E-state index in [0.717, 1.165) is 36.6 Å². The second-order valence-corrected chi connectivity index (χ2v) is 8.55. The molecule has 30 heavy (non-hydrogen) atoms. The molecular weight excluding hydrogens is 378 g/mol. The van der Waals surface area contributed by atoms with Gasteiger partial charge in [0.2, 0.25) is 0 Å². The second kappa shape index (κ2) is 7.92. The molecular formula is C24H25N3O3. The Balaban J connectivity index is 1.46. The number of amides is 1. The van der Waals surface area contributed by atoms with Crippen LogP contribution in [0.3, 0.4) is 0 Å². The molecule has 0 bridgehead atoms. The van der Waals surface area contributed by atoms with E-state index in [1.807, 2.05) is 32.0 Å². The van der Waals surface area contributed by atoms with Crippen molar-refractivity contribution in [3.63, 3.8) is 0 Å². The lowest BCUT2D eigenvalue weighted by Crippen LogP contribution is -2.41. The highest BCUT2D eigenvalue weighted by Crippen LogP contribution is 2.33. The molecule has 0 radical (unpaired) electrons. The minimum Gasteiger partial charge on any atom is -0.464 e. The number of aromatic nitrogens is 1. The van der Waals surface area contributed by atoms with Crippen molar-refractivity contribution in [1.82, 2.24) is 10.3 Å². The van der Waals surface area contributed by atoms with Gasteiger partial charge in [0.25, 0.3) is 5.91 Å². The van der Waals surface area contributed by atoms with Gasteiger partial charge in [0, 0.05) is 28.6 Å².